The Morgan fingerprint density at radius 1 is 1.43 bits per heavy atom. The molecule has 0 aliphatic rings. The van der Waals surface area contributed by atoms with E-state index in [1.165, 1.54) is 0 Å². The minimum absolute atomic E-state index is 0.144. The standard InChI is InChI=1S/C14H12Br2N2O2S/c1-9-5-11(15)14(12(16)6-9)18-13(19)8-20-17-7-10-3-2-4-21-10/h2-7H,8H2,1H3,(H,18,19)/b17-7+. The van der Waals surface area contributed by atoms with Crippen LogP contribution in [0.3, 0.4) is 0 Å². The molecular formula is C14H12Br2N2O2S. The van der Waals surface area contributed by atoms with Gasteiger partial charge in [0.15, 0.2) is 6.61 Å². The summed E-state index contributed by atoms with van der Waals surface area (Å²) in [5, 5.41) is 8.47. The van der Waals surface area contributed by atoms with Gasteiger partial charge >= 0.3 is 0 Å². The molecule has 21 heavy (non-hydrogen) atoms. The van der Waals surface area contributed by atoms with Crippen molar-refractivity contribution in [1.29, 1.82) is 0 Å². The average molecular weight is 432 g/mol. The van der Waals surface area contributed by atoms with Gasteiger partial charge in [-0.1, -0.05) is 11.2 Å². The first-order valence-electron chi connectivity index (χ1n) is 6.00. The Morgan fingerprint density at radius 3 is 2.76 bits per heavy atom. The zero-order valence-corrected chi connectivity index (χ0v) is 15.1. The Kier molecular flexibility index (Phi) is 5.96. The van der Waals surface area contributed by atoms with E-state index in [1.807, 2.05) is 36.6 Å². The summed E-state index contributed by atoms with van der Waals surface area (Å²) < 4.78 is 1.62. The van der Waals surface area contributed by atoms with Crippen LogP contribution in [0.5, 0.6) is 0 Å². The predicted octanol–water partition coefficient (Wildman–Crippen LogP) is 4.57. The zero-order chi connectivity index (χ0) is 15.2. The van der Waals surface area contributed by atoms with E-state index in [0.29, 0.717) is 5.69 Å². The molecule has 0 aliphatic heterocycles. The Bertz CT molecular complexity index is 634. The first kappa shape index (κ1) is 16.2. The SMILES string of the molecule is Cc1cc(Br)c(NC(=O)CO/N=C/c2cccs2)c(Br)c1. The van der Waals surface area contributed by atoms with Crippen molar-refractivity contribution in [2.75, 3.05) is 11.9 Å². The van der Waals surface area contributed by atoms with Crippen LogP contribution >= 0.6 is 43.2 Å². The number of amides is 1. The van der Waals surface area contributed by atoms with Gasteiger partial charge in [-0.15, -0.1) is 11.3 Å². The van der Waals surface area contributed by atoms with Crippen LogP contribution < -0.4 is 5.32 Å². The van der Waals surface area contributed by atoms with Gasteiger partial charge in [-0.05, 0) is 67.9 Å². The van der Waals surface area contributed by atoms with Crippen LogP contribution in [0.4, 0.5) is 5.69 Å². The van der Waals surface area contributed by atoms with E-state index in [9.17, 15) is 4.79 Å². The summed E-state index contributed by atoms with van der Waals surface area (Å²) >= 11 is 8.39. The first-order valence-corrected chi connectivity index (χ1v) is 8.47. The van der Waals surface area contributed by atoms with Gasteiger partial charge < -0.3 is 10.2 Å². The molecule has 2 rings (SSSR count). The van der Waals surface area contributed by atoms with E-state index >= 15 is 0 Å². The second-order valence-electron chi connectivity index (χ2n) is 4.18. The summed E-state index contributed by atoms with van der Waals surface area (Å²) in [4.78, 5) is 17.8. The number of aryl methyl sites for hydroxylation is 1. The maximum Gasteiger partial charge on any atom is 0.265 e. The number of nitrogens with zero attached hydrogens (tertiary/aromatic N) is 1. The molecule has 0 saturated carbocycles. The predicted molar refractivity (Wildman–Crippen MR) is 93.1 cm³/mol. The molecule has 110 valence electrons. The Morgan fingerprint density at radius 2 is 2.14 bits per heavy atom. The van der Waals surface area contributed by atoms with Gasteiger partial charge in [0.1, 0.15) is 0 Å². The smallest absolute Gasteiger partial charge is 0.265 e. The van der Waals surface area contributed by atoms with Gasteiger partial charge in [-0.25, -0.2) is 0 Å². The molecule has 0 radical (unpaired) electrons. The molecule has 2 aromatic rings. The van der Waals surface area contributed by atoms with Crippen molar-refractivity contribution in [1.82, 2.24) is 0 Å². The van der Waals surface area contributed by atoms with Gasteiger partial charge in [-0.2, -0.15) is 0 Å². The van der Waals surface area contributed by atoms with Crippen LogP contribution in [-0.2, 0) is 9.63 Å². The number of anilines is 1. The van der Waals surface area contributed by atoms with E-state index in [2.05, 4.69) is 42.3 Å². The molecule has 0 spiro atoms. The number of carbonyl (C=O) groups is 1. The molecule has 0 fully saturated rings. The fourth-order valence-electron chi connectivity index (χ4n) is 1.54. The van der Waals surface area contributed by atoms with Crippen molar-refractivity contribution in [3.05, 3.63) is 49.0 Å². The van der Waals surface area contributed by atoms with Crippen LogP contribution in [0.2, 0.25) is 0 Å². The summed E-state index contributed by atoms with van der Waals surface area (Å²) in [5.41, 5.74) is 1.76. The lowest BCUT2D eigenvalue weighted by Crippen LogP contribution is -2.17. The van der Waals surface area contributed by atoms with Crippen molar-refractivity contribution in [2.45, 2.75) is 6.92 Å². The van der Waals surface area contributed by atoms with Gasteiger partial charge in [0.05, 0.1) is 11.9 Å². The van der Waals surface area contributed by atoms with Crippen molar-refractivity contribution in [3.63, 3.8) is 0 Å². The third kappa shape index (κ3) is 4.94. The van der Waals surface area contributed by atoms with Crippen LogP contribution in [0.1, 0.15) is 10.4 Å². The fourth-order valence-corrected chi connectivity index (χ4v) is 3.73. The Hall–Kier alpha value is -1.18. The molecule has 1 N–H and O–H groups in total. The van der Waals surface area contributed by atoms with Crippen LogP contribution in [0.15, 0.2) is 43.7 Å². The highest BCUT2D eigenvalue weighted by molar-refractivity contribution is 9.11. The molecule has 7 heteroatoms. The van der Waals surface area contributed by atoms with E-state index in [1.54, 1.807) is 17.6 Å². The van der Waals surface area contributed by atoms with E-state index in [0.717, 1.165) is 19.4 Å². The molecule has 0 atom stereocenters. The minimum Gasteiger partial charge on any atom is -0.386 e. The second kappa shape index (κ2) is 7.72. The zero-order valence-electron chi connectivity index (χ0n) is 11.1. The number of thiophene rings is 1. The van der Waals surface area contributed by atoms with E-state index in [-0.39, 0.29) is 12.5 Å². The summed E-state index contributed by atoms with van der Waals surface area (Å²) in [5.74, 6) is -0.274. The van der Waals surface area contributed by atoms with E-state index in [4.69, 9.17) is 4.84 Å². The van der Waals surface area contributed by atoms with Gasteiger partial charge in [0, 0.05) is 13.8 Å². The lowest BCUT2D eigenvalue weighted by atomic mass is 10.2. The summed E-state index contributed by atoms with van der Waals surface area (Å²) in [7, 11) is 0. The monoisotopic (exact) mass is 430 g/mol. The molecule has 4 nitrogen and oxygen atoms in total. The molecule has 1 heterocycles. The highest BCUT2D eigenvalue weighted by Crippen LogP contribution is 2.32. The molecule has 0 saturated heterocycles. The van der Waals surface area contributed by atoms with Crippen molar-refractivity contribution in [2.24, 2.45) is 5.16 Å². The summed E-state index contributed by atoms with van der Waals surface area (Å²) in [6.07, 6.45) is 1.58. The lowest BCUT2D eigenvalue weighted by molar-refractivity contribution is -0.120. The highest BCUT2D eigenvalue weighted by Gasteiger charge is 2.10. The van der Waals surface area contributed by atoms with Gasteiger partial charge in [0.2, 0.25) is 0 Å². The highest BCUT2D eigenvalue weighted by atomic mass is 79.9. The number of halogens is 2. The Labute approximate surface area is 143 Å². The number of oxime groups is 1. The molecule has 0 unspecified atom stereocenters. The van der Waals surface area contributed by atoms with Crippen LogP contribution in [0, 0.1) is 6.92 Å². The van der Waals surface area contributed by atoms with Gasteiger partial charge in [0.25, 0.3) is 5.91 Å². The maximum atomic E-state index is 11.8. The number of hydrogen-bond donors (Lipinski definition) is 1. The summed E-state index contributed by atoms with van der Waals surface area (Å²) in [6, 6.07) is 7.69. The number of carbonyl (C=O) groups excluding carboxylic acids is 1. The Balaban J connectivity index is 1.88. The topological polar surface area (TPSA) is 50.7 Å². The molecular weight excluding hydrogens is 420 g/mol. The van der Waals surface area contributed by atoms with E-state index < -0.39 is 0 Å². The quantitative estimate of drug-likeness (QED) is 0.556. The number of benzene rings is 1. The second-order valence-corrected chi connectivity index (χ2v) is 6.86. The fraction of sp³-hybridized carbons (Fsp3) is 0.143. The normalized spacial score (nSPS) is 10.8. The first-order chi connectivity index (χ1) is 10.1. The van der Waals surface area contributed by atoms with Crippen LogP contribution in [-0.4, -0.2) is 18.7 Å². The summed E-state index contributed by atoms with van der Waals surface area (Å²) in [6.45, 7) is 1.83. The van der Waals surface area contributed by atoms with Crippen molar-refractivity contribution >= 4 is 61.0 Å². The molecule has 1 aromatic heterocycles. The molecule has 1 amide bonds. The average Bonchev–Trinajstić information content (AvgIpc) is 2.92. The lowest BCUT2D eigenvalue weighted by Gasteiger charge is -2.10. The number of rotatable bonds is 5. The number of nitrogens with one attached hydrogen (secondary N) is 1. The van der Waals surface area contributed by atoms with Crippen molar-refractivity contribution < 1.29 is 9.63 Å². The molecule has 1 aromatic carbocycles. The number of hydrogen-bond acceptors (Lipinski definition) is 4. The van der Waals surface area contributed by atoms with Crippen molar-refractivity contribution in [3.8, 4) is 0 Å². The van der Waals surface area contributed by atoms with Crippen LogP contribution in [0.25, 0.3) is 0 Å². The molecule has 0 bridgehead atoms. The maximum absolute atomic E-state index is 11.8. The van der Waals surface area contributed by atoms with Gasteiger partial charge in [-0.3, -0.25) is 4.79 Å². The third-order valence-electron chi connectivity index (χ3n) is 2.44. The molecule has 0 aliphatic carbocycles. The largest absolute Gasteiger partial charge is 0.386 e. The third-order valence-corrected chi connectivity index (χ3v) is 4.50. The minimum atomic E-state index is -0.274.